The summed E-state index contributed by atoms with van der Waals surface area (Å²) in [7, 11) is 1.46. The molecule has 1 saturated carbocycles. The first-order valence-electron chi connectivity index (χ1n) is 13.4. The fraction of sp³-hybridized carbons (Fsp3) is 0.226. The predicted octanol–water partition coefficient (Wildman–Crippen LogP) is 4.71. The number of aromatic nitrogens is 1. The molecule has 2 heterocycles. The average molecular weight is 587 g/mol. The number of carboxylic acid groups (broad SMARTS) is 1. The van der Waals surface area contributed by atoms with Gasteiger partial charge >= 0.3 is 6.09 Å². The van der Waals surface area contributed by atoms with E-state index in [-0.39, 0.29) is 13.1 Å². The van der Waals surface area contributed by atoms with Crippen LogP contribution >= 0.6 is 0 Å². The Morgan fingerprint density at radius 1 is 0.907 bits per heavy atom. The molecule has 1 saturated heterocycles. The number of likely N-dealkylation sites (tertiary alicyclic amines) is 1. The van der Waals surface area contributed by atoms with Crippen molar-refractivity contribution in [1.29, 1.82) is 0 Å². The van der Waals surface area contributed by atoms with Crippen molar-refractivity contribution in [3.05, 3.63) is 84.3 Å². The second-order valence-corrected chi connectivity index (χ2v) is 10.7. The lowest BCUT2D eigenvalue weighted by Gasteiger charge is -2.45. The van der Waals surface area contributed by atoms with Crippen molar-refractivity contribution in [1.82, 2.24) is 9.88 Å². The minimum atomic E-state index is -1.42. The lowest BCUT2D eigenvalue weighted by atomic mass is 9.85. The Labute approximate surface area is 244 Å². The minimum absolute atomic E-state index is 0.0942. The van der Waals surface area contributed by atoms with Crippen LogP contribution in [0.5, 0.6) is 17.2 Å². The number of fused-ring (bicyclic) bond motifs is 1. The Balaban J connectivity index is 1.16. The van der Waals surface area contributed by atoms with Crippen LogP contribution < -0.4 is 20.1 Å². The molecular formula is C31H27FN4O7. The van der Waals surface area contributed by atoms with E-state index in [1.807, 2.05) is 0 Å². The lowest BCUT2D eigenvalue weighted by Crippen LogP contribution is -2.61. The van der Waals surface area contributed by atoms with E-state index in [9.17, 15) is 29.0 Å². The van der Waals surface area contributed by atoms with Gasteiger partial charge in [-0.2, -0.15) is 0 Å². The fourth-order valence-electron chi connectivity index (χ4n) is 5.11. The number of nitrogens with zero attached hydrogens (tertiary/aromatic N) is 2. The number of β-amino-alcohol motifs (C(OH)–C–C–N with tert-alkyl or cyclic N) is 1. The molecule has 1 aliphatic heterocycles. The van der Waals surface area contributed by atoms with E-state index in [0.29, 0.717) is 57.9 Å². The summed E-state index contributed by atoms with van der Waals surface area (Å²) in [5, 5.41) is 26.4. The second-order valence-electron chi connectivity index (χ2n) is 10.7. The van der Waals surface area contributed by atoms with Gasteiger partial charge in [-0.05, 0) is 73.5 Å². The molecular weight excluding hydrogens is 559 g/mol. The van der Waals surface area contributed by atoms with Crippen LogP contribution in [0.2, 0.25) is 0 Å². The van der Waals surface area contributed by atoms with Gasteiger partial charge < -0.3 is 35.2 Å². The smallest absolute Gasteiger partial charge is 0.407 e. The molecule has 4 aromatic rings. The highest BCUT2D eigenvalue weighted by Gasteiger charge is 2.56. The van der Waals surface area contributed by atoms with Gasteiger partial charge in [-0.25, -0.2) is 9.18 Å². The summed E-state index contributed by atoms with van der Waals surface area (Å²) in [6.07, 6.45) is 1.26. The van der Waals surface area contributed by atoms with Crippen LogP contribution in [0, 0.1) is 11.2 Å². The van der Waals surface area contributed by atoms with E-state index < -0.39 is 34.7 Å². The Morgan fingerprint density at radius 2 is 1.51 bits per heavy atom. The molecule has 2 aliphatic rings. The van der Waals surface area contributed by atoms with Crippen molar-refractivity contribution < 1.29 is 38.5 Å². The molecule has 2 fully saturated rings. The third kappa shape index (κ3) is 5.28. The van der Waals surface area contributed by atoms with E-state index in [1.165, 1.54) is 31.4 Å². The van der Waals surface area contributed by atoms with E-state index in [1.54, 1.807) is 48.7 Å². The van der Waals surface area contributed by atoms with Crippen LogP contribution in [-0.2, 0) is 15.2 Å². The Hall–Kier alpha value is -5.23. The Morgan fingerprint density at radius 3 is 2.07 bits per heavy atom. The molecule has 0 bridgehead atoms. The zero-order valence-electron chi connectivity index (χ0n) is 23.0. The van der Waals surface area contributed by atoms with Crippen molar-refractivity contribution in [3.8, 4) is 17.2 Å². The van der Waals surface area contributed by atoms with Crippen LogP contribution in [-0.4, -0.2) is 58.2 Å². The van der Waals surface area contributed by atoms with Gasteiger partial charge in [-0.15, -0.1) is 0 Å². The Kier molecular flexibility index (Phi) is 6.85. The fourth-order valence-corrected chi connectivity index (χ4v) is 5.11. The topological polar surface area (TPSA) is 150 Å². The number of amides is 3. The van der Waals surface area contributed by atoms with Crippen LogP contribution in [0.1, 0.15) is 18.4 Å². The van der Waals surface area contributed by atoms with Crippen molar-refractivity contribution in [2.45, 2.75) is 18.4 Å². The maximum atomic E-state index is 13.2. The summed E-state index contributed by atoms with van der Waals surface area (Å²) in [6, 6.07) is 17.0. The van der Waals surface area contributed by atoms with Crippen LogP contribution in [0.25, 0.3) is 10.9 Å². The van der Waals surface area contributed by atoms with Crippen molar-refractivity contribution in [3.63, 3.8) is 0 Å². The molecule has 220 valence electrons. The van der Waals surface area contributed by atoms with Crippen LogP contribution in [0.3, 0.4) is 0 Å². The summed E-state index contributed by atoms with van der Waals surface area (Å²) in [4.78, 5) is 42.6. The highest BCUT2D eigenvalue weighted by molar-refractivity contribution is 6.16. The molecule has 3 aromatic carbocycles. The number of halogens is 1. The third-order valence-corrected chi connectivity index (χ3v) is 7.76. The summed E-state index contributed by atoms with van der Waals surface area (Å²) in [5.74, 6) is -0.0232. The molecule has 43 heavy (non-hydrogen) atoms. The molecule has 1 aliphatic carbocycles. The summed E-state index contributed by atoms with van der Waals surface area (Å²) in [6.45, 7) is -0.188. The molecule has 0 atom stereocenters. The van der Waals surface area contributed by atoms with Gasteiger partial charge in [-0.3, -0.25) is 14.6 Å². The van der Waals surface area contributed by atoms with E-state index >= 15 is 0 Å². The average Bonchev–Trinajstić information content (AvgIpc) is 3.80. The van der Waals surface area contributed by atoms with Gasteiger partial charge in [0.15, 0.2) is 0 Å². The molecule has 0 spiro atoms. The van der Waals surface area contributed by atoms with E-state index in [2.05, 4.69) is 15.6 Å². The summed E-state index contributed by atoms with van der Waals surface area (Å²) < 4.78 is 24.8. The first-order valence-corrected chi connectivity index (χ1v) is 13.4. The van der Waals surface area contributed by atoms with Crippen LogP contribution in [0.15, 0.2) is 72.9 Å². The molecule has 1 aromatic heterocycles. The number of benzene rings is 3. The van der Waals surface area contributed by atoms with Crippen molar-refractivity contribution in [2.75, 3.05) is 30.8 Å². The van der Waals surface area contributed by atoms with Crippen molar-refractivity contribution in [2.24, 2.45) is 5.41 Å². The largest absolute Gasteiger partial charge is 0.496 e. The number of pyridine rings is 1. The third-order valence-electron chi connectivity index (χ3n) is 7.76. The Bertz CT molecular complexity index is 1730. The predicted molar refractivity (Wildman–Crippen MR) is 154 cm³/mol. The highest BCUT2D eigenvalue weighted by Crippen LogP contribution is 2.48. The maximum Gasteiger partial charge on any atom is 0.407 e. The van der Waals surface area contributed by atoms with Gasteiger partial charge in [0.2, 0.25) is 11.8 Å². The number of anilines is 2. The highest BCUT2D eigenvalue weighted by atomic mass is 19.1. The normalized spacial score (nSPS) is 16.1. The number of carbonyl (C=O) groups excluding carboxylic acids is 2. The second kappa shape index (κ2) is 10.6. The monoisotopic (exact) mass is 586 g/mol. The van der Waals surface area contributed by atoms with Gasteiger partial charge in [0.25, 0.3) is 0 Å². The van der Waals surface area contributed by atoms with Crippen LogP contribution in [0.4, 0.5) is 20.6 Å². The number of ether oxygens (including phenoxy) is 2. The quantitative estimate of drug-likeness (QED) is 0.217. The molecule has 11 nitrogen and oxygen atoms in total. The number of aliphatic hydroxyl groups is 1. The first kappa shape index (κ1) is 27.9. The first-order chi connectivity index (χ1) is 20.6. The molecule has 3 amide bonds. The zero-order chi connectivity index (χ0) is 30.4. The lowest BCUT2D eigenvalue weighted by molar-refractivity contribution is -0.131. The molecule has 12 heteroatoms. The number of methoxy groups -OCH3 is 1. The van der Waals surface area contributed by atoms with Crippen molar-refractivity contribution >= 4 is 40.2 Å². The summed E-state index contributed by atoms with van der Waals surface area (Å²) in [5.41, 5.74) is -0.753. The standard InChI is InChI=1S/C31H27FN4O7/c1-42-26-15-24-22(14-23(26)31(41)16-36(17-31)29(39)40)25(10-13-33-24)43-21-8-6-20(7-9-21)35-28(38)30(11-12-30)27(37)34-19-4-2-18(32)3-5-19/h2-10,13-15,41H,11-12,16-17H2,1H3,(H,34,37)(H,35,38)(H,39,40). The number of rotatable bonds is 8. The zero-order valence-corrected chi connectivity index (χ0v) is 23.0. The van der Waals surface area contributed by atoms with Gasteiger partial charge in [0.1, 0.15) is 34.1 Å². The molecule has 0 unspecified atom stereocenters. The van der Waals surface area contributed by atoms with Gasteiger partial charge in [0, 0.05) is 34.6 Å². The number of hydrogen-bond acceptors (Lipinski definition) is 7. The van der Waals surface area contributed by atoms with Gasteiger partial charge in [-0.1, -0.05) is 0 Å². The van der Waals surface area contributed by atoms with Gasteiger partial charge in [0.05, 0.1) is 25.7 Å². The summed E-state index contributed by atoms with van der Waals surface area (Å²) >= 11 is 0. The number of carbonyl (C=O) groups is 3. The molecule has 4 N–H and O–H groups in total. The molecule has 0 radical (unpaired) electrons. The maximum absolute atomic E-state index is 13.2. The van der Waals surface area contributed by atoms with E-state index in [0.717, 1.165) is 4.90 Å². The van der Waals surface area contributed by atoms with E-state index in [4.69, 9.17) is 9.47 Å². The minimum Gasteiger partial charge on any atom is -0.496 e. The number of nitrogens with one attached hydrogen (secondary N) is 2. The number of hydrogen-bond donors (Lipinski definition) is 4. The SMILES string of the molecule is COc1cc2nccc(Oc3ccc(NC(=O)C4(C(=O)Nc5ccc(F)cc5)CC4)cc3)c2cc1C1(O)CN(C(=O)O)C1. The molecule has 6 rings (SSSR count).